The molecule has 86 valence electrons. The summed E-state index contributed by atoms with van der Waals surface area (Å²) in [5.74, 6) is 0. The minimum absolute atomic E-state index is 0.430. The molecule has 3 nitrogen and oxygen atoms in total. The van der Waals surface area contributed by atoms with Crippen LogP contribution in [0.2, 0.25) is 0 Å². The van der Waals surface area contributed by atoms with Gasteiger partial charge in [0.1, 0.15) is 0 Å². The highest BCUT2D eigenvalue weighted by molar-refractivity contribution is 7.09. The molecule has 1 N–H and O–H groups in total. The Morgan fingerprint density at radius 2 is 2.33 bits per heavy atom. The van der Waals surface area contributed by atoms with Crippen molar-refractivity contribution in [3.8, 4) is 0 Å². The lowest BCUT2D eigenvalue weighted by molar-refractivity contribution is 0.192. The molecule has 4 heteroatoms. The Hall–Kier alpha value is -0.450. The molecule has 0 fully saturated rings. The summed E-state index contributed by atoms with van der Waals surface area (Å²) < 4.78 is 5.00. The van der Waals surface area contributed by atoms with E-state index in [-0.39, 0.29) is 0 Å². The van der Waals surface area contributed by atoms with Gasteiger partial charge in [0, 0.05) is 30.8 Å². The number of hydrogen-bond acceptors (Lipinski definition) is 4. The topological polar surface area (TPSA) is 34.1 Å². The van der Waals surface area contributed by atoms with Crippen molar-refractivity contribution >= 4 is 11.3 Å². The van der Waals surface area contributed by atoms with E-state index in [4.69, 9.17) is 4.74 Å². The third-order valence-electron chi connectivity index (χ3n) is 2.35. The van der Waals surface area contributed by atoms with E-state index in [1.54, 1.807) is 18.4 Å². The van der Waals surface area contributed by atoms with Gasteiger partial charge in [-0.15, -0.1) is 11.3 Å². The van der Waals surface area contributed by atoms with Gasteiger partial charge in [0.2, 0.25) is 0 Å². The van der Waals surface area contributed by atoms with Gasteiger partial charge >= 0.3 is 0 Å². The van der Waals surface area contributed by atoms with Crippen LogP contribution >= 0.6 is 11.3 Å². The number of unbranched alkanes of at least 4 members (excludes halogenated alkanes) is 2. The Morgan fingerprint density at radius 3 is 3.00 bits per heavy atom. The fraction of sp³-hybridized carbons (Fsp3) is 0.727. The van der Waals surface area contributed by atoms with Crippen LogP contribution in [-0.4, -0.2) is 25.2 Å². The molecule has 0 radical (unpaired) electrons. The van der Waals surface area contributed by atoms with E-state index in [2.05, 4.69) is 17.2 Å². The predicted molar refractivity (Wildman–Crippen MR) is 64.3 cm³/mol. The molecule has 0 saturated carbocycles. The SMILES string of the molecule is COCCCCCNC(C)c1cncs1. The van der Waals surface area contributed by atoms with E-state index in [1.807, 2.05) is 11.7 Å². The molecule has 0 aliphatic carbocycles. The van der Waals surface area contributed by atoms with Crippen molar-refractivity contribution in [2.24, 2.45) is 0 Å². The average molecular weight is 228 g/mol. The molecule has 0 saturated heterocycles. The second kappa shape index (κ2) is 7.79. The maximum Gasteiger partial charge on any atom is 0.0794 e. The average Bonchev–Trinajstić information content (AvgIpc) is 2.76. The number of aromatic nitrogens is 1. The van der Waals surface area contributed by atoms with E-state index in [0.717, 1.165) is 19.6 Å². The normalized spacial score (nSPS) is 12.9. The molecular formula is C11H20N2OS. The monoisotopic (exact) mass is 228 g/mol. The van der Waals surface area contributed by atoms with Crippen LogP contribution in [0.5, 0.6) is 0 Å². The van der Waals surface area contributed by atoms with E-state index in [9.17, 15) is 0 Å². The van der Waals surface area contributed by atoms with Crippen molar-refractivity contribution in [3.63, 3.8) is 0 Å². The number of nitrogens with zero attached hydrogens (tertiary/aromatic N) is 1. The highest BCUT2D eigenvalue weighted by Crippen LogP contribution is 2.15. The zero-order chi connectivity index (χ0) is 10.9. The second-order valence-electron chi connectivity index (χ2n) is 3.63. The fourth-order valence-electron chi connectivity index (χ4n) is 1.41. The first-order valence-electron chi connectivity index (χ1n) is 5.45. The highest BCUT2D eigenvalue weighted by Gasteiger charge is 2.04. The number of ether oxygens (including phenoxy) is 1. The Kier molecular flexibility index (Phi) is 6.55. The van der Waals surface area contributed by atoms with Crippen LogP contribution in [0.1, 0.15) is 37.1 Å². The lowest BCUT2D eigenvalue weighted by Crippen LogP contribution is -2.19. The van der Waals surface area contributed by atoms with Crippen LogP contribution < -0.4 is 5.32 Å². The van der Waals surface area contributed by atoms with Gasteiger partial charge in [-0.05, 0) is 32.7 Å². The summed E-state index contributed by atoms with van der Waals surface area (Å²) in [7, 11) is 1.75. The summed E-state index contributed by atoms with van der Waals surface area (Å²) in [6, 6.07) is 0.430. The molecule has 0 spiro atoms. The van der Waals surface area contributed by atoms with Gasteiger partial charge in [0.25, 0.3) is 0 Å². The van der Waals surface area contributed by atoms with Crippen LogP contribution in [0.15, 0.2) is 11.7 Å². The standard InChI is InChI=1S/C11H20N2OS/c1-10(11-8-12-9-15-11)13-6-4-3-5-7-14-2/h8-10,13H,3-7H2,1-2H3. The molecular weight excluding hydrogens is 208 g/mol. The highest BCUT2D eigenvalue weighted by atomic mass is 32.1. The molecule has 1 heterocycles. The third-order valence-corrected chi connectivity index (χ3v) is 3.31. The summed E-state index contributed by atoms with van der Waals surface area (Å²) in [4.78, 5) is 5.39. The maximum atomic E-state index is 5.00. The summed E-state index contributed by atoms with van der Waals surface area (Å²) in [6.07, 6.45) is 5.54. The van der Waals surface area contributed by atoms with Gasteiger partial charge in [-0.1, -0.05) is 0 Å². The third kappa shape index (κ3) is 5.25. The van der Waals surface area contributed by atoms with Gasteiger partial charge in [-0.2, -0.15) is 0 Å². The Labute approximate surface area is 95.9 Å². The van der Waals surface area contributed by atoms with Crippen LogP contribution in [0, 0.1) is 0 Å². The molecule has 15 heavy (non-hydrogen) atoms. The van der Waals surface area contributed by atoms with E-state index < -0.39 is 0 Å². The molecule has 0 amide bonds. The first-order chi connectivity index (χ1) is 7.34. The number of rotatable bonds is 8. The summed E-state index contributed by atoms with van der Waals surface area (Å²) >= 11 is 1.71. The van der Waals surface area contributed by atoms with E-state index >= 15 is 0 Å². The largest absolute Gasteiger partial charge is 0.385 e. The van der Waals surface area contributed by atoms with Crippen molar-refractivity contribution in [2.45, 2.75) is 32.2 Å². The van der Waals surface area contributed by atoms with E-state index in [0.29, 0.717) is 6.04 Å². The van der Waals surface area contributed by atoms with Gasteiger partial charge in [-0.3, -0.25) is 4.98 Å². The second-order valence-corrected chi connectivity index (χ2v) is 4.55. The lowest BCUT2D eigenvalue weighted by atomic mass is 10.2. The smallest absolute Gasteiger partial charge is 0.0794 e. The minimum Gasteiger partial charge on any atom is -0.385 e. The quantitative estimate of drug-likeness (QED) is 0.694. The molecule has 1 atom stereocenters. The van der Waals surface area contributed by atoms with Crippen LogP contribution in [0.3, 0.4) is 0 Å². The van der Waals surface area contributed by atoms with Crippen molar-refractivity contribution in [1.29, 1.82) is 0 Å². The molecule has 0 bridgehead atoms. The van der Waals surface area contributed by atoms with Crippen molar-refractivity contribution in [3.05, 3.63) is 16.6 Å². The fourth-order valence-corrected chi connectivity index (χ4v) is 2.06. The van der Waals surface area contributed by atoms with Crippen LogP contribution in [0.25, 0.3) is 0 Å². The summed E-state index contributed by atoms with van der Waals surface area (Å²) in [5, 5.41) is 3.49. The number of thiazole rings is 1. The summed E-state index contributed by atoms with van der Waals surface area (Å²) in [6.45, 7) is 4.13. The van der Waals surface area contributed by atoms with Gasteiger partial charge in [-0.25, -0.2) is 0 Å². The van der Waals surface area contributed by atoms with Crippen molar-refractivity contribution < 1.29 is 4.74 Å². The zero-order valence-electron chi connectivity index (χ0n) is 9.53. The predicted octanol–water partition coefficient (Wildman–Crippen LogP) is 2.61. The molecule has 1 rings (SSSR count). The molecule has 0 aliphatic rings. The lowest BCUT2D eigenvalue weighted by Gasteiger charge is -2.10. The first-order valence-corrected chi connectivity index (χ1v) is 6.33. The Morgan fingerprint density at radius 1 is 1.47 bits per heavy atom. The van der Waals surface area contributed by atoms with Gasteiger partial charge < -0.3 is 10.1 Å². The minimum atomic E-state index is 0.430. The first kappa shape index (κ1) is 12.6. The molecule has 0 aliphatic heterocycles. The number of hydrogen-bond donors (Lipinski definition) is 1. The molecule has 1 unspecified atom stereocenters. The number of nitrogens with one attached hydrogen (secondary N) is 1. The summed E-state index contributed by atoms with van der Waals surface area (Å²) in [5.41, 5.74) is 1.88. The van der Waals surface area contributed by atoms with Gasteiger partial charge in [0.15, 0.2) is 0 Å². The van der Waals surface area contributed by atoms with Crippen LogP contribution in [0.4, 0.5) is 0 Å². The maximum absolute atomic E-state index is 5.00. The Balaban J connectivity index is 2.00. The van der Waals surface area contributed by atoms with Crippen LogP contribution in [-0.2, 0) is 4.74 Å². The Bertz CT molecular complexity index is 239. The molecule has 1 aromatic heterocycles. The van der Waals surface area contributed by atoms with E-state index in [1.165, 1.54) is 17.7 Å². The molecule has 0 aromatic carbocycles. The zero-order valence-corrected chi connectivity index (χ0v) is 10.3. The van der Waals surface area contributed by atoms with Crippen molar-refractivity contribution in [2.75, 3.05) is 20.3 Å². The van der Waals surface area contributed by atoms with Gasteiger partial charge in [0.05, 0.1) is 5.51 Å². The number of methoxy groups -OCH3 is 1. The molecule has 1 aromatic rings. The van der Waals surface area contributed by atoms with Crippen molar-refractivity contribution in [1.82, 2.24) is 10.3 Å².